The van der Waals surface area contributed by atoms with Gasteiger partial charge in [-0.25, -0.2) is 0 Å². The minimum absolute atomic E-state index is 0.0633. The summed E-state index contributed by atoms with van der Waals surface area (Å²) in [5.74, 6) is 0.534. The van der Waals surface area contributed by atoms with E-state index in [1.165, 1.54) is 0 Å². The van der Waals surface area contributed by atoms with Crippen LogP contribution in [0, 0.1) is 22.7 Å². The number of aliphatic hydroxyl groups is 2. The molecule has 3 nitrogen and oxygen atoms in total. The zero-order valence-electron chi connectivity index (χ0n) is 12.6. The van der Waals surface area contributed by atoms with E-state index in [0.29, 0.717) is 12.5 Å². The molecule has 6 atom stereocenters. The van der Waals surface area contributed by atoms with Crippen molar-refractivity contribution in [3.8, 4) is 0 Å². The van der Waals surface area contributed by atoms with Crippen LogP contribution in [0.25, 0.3) is 0 Å². The number of fused-ring (bicyclic) bond motifs is 3. The van der Waals surface area contributed by atoms with Crippen LogP contribution in [0.5, 0.6) is 0 Å². The van der Waals surface area contributed by atoms with Crippen LogP contribution in [0.1, 0.15) is 53.4 Å². The molecule has 3 rings (SSSR count). The van der Waals surface area contributed by atoms with Crippen molar-refractivity contribution >= 4 is 0 Å². The Hall–Kier alpha value is -0.120. The molecule has 1 aliphatic heterocycles. The molecule has 0 spiro atoms. The summed E-state index contributed by atoms with van der Waals surface area (Å²) >= 11 is 0. The molecule has 3 fully saturated rings. The molecule has 0 bridgehead atoms. The zero-order valence-corrected chi connectivity index (χ0v) is 12.6. The van der Waals surface area contributed by atoms with Crippen molar-refractivity contribution in [3.05, 3.63) is 0 Å². The fourth-order valence-corrected chi connectivity index (χ4v) is 5.79. The average molecular weight is 268 g/mol. The molecule has 1 heterocycles. The molecule has 2 aliphatic carbocycles. The van der Waals surface area contributed by atoms with Crippen LogP contribution in [0.2, 0.25) is 0 Å². The number of rotatable bonds is 0. The van der Waals surface area contributed by atoms with E-state index in [9.17, 15) is 10.2 Å². The Morgan fingerprint density at radius 3 is 2.37 bits per heavy atom. The number of ether oxygens (including phenoxy) is 1. The minimum Gasteiger partial charge on any atom is -0.393 e. The molecule has 3 heteroatoms. The van der Waals surface area contributed by atoms with Gasteiger partial charge in [0, 0.05) is 11.3 Å². The van der Waals surface area contributed by atoms with Crippen molar-refractivity contribution < 1.29 is 14.9 Å². The van der Waals surface area contributed by atoms with E-state index in [1.807, 2.05) is 0 Å². The molecular weight excluding hydrogens is 240 g/mol. The smallest absolute Gasteiger partial charge is 0.0835 e. The summed E-state index contributed by atoms with van der Waals surface area (Å²) < 4.78 is 5.93. The lowest BCUT2D eigenvalue weighted by Crippen LogP contribution is -2.63. The molecule has 0 aromatic heterocycles. The van der Waals surface area contributed by atoms with Crippen molar-refractivity contribution in [2.45, 2.75) is 71.2 Å². The molecule has 1 unspecified atom stereocenters. The second-order valence-corrected chi connectivity index (χ2v) is 8.17. The highest BCUT2D eigenvalue weighted by Crippen LogP contribution is 2.64. The third-order valence-corrected chi connectivity index (χ3v) is 6.70. The van der Waals surface area contributed by atoms with Gasteiger partial charge in [0.05, 0.1) is 24.4 Å². The van der Waals surface area contributed by atoms with Gasteiger partial charge >= 0.3 is 0 Å². The third-order valence-electron chi connectivity index (χ3n) is 6.70. The topological polar surface area (TPSA) is 49.7 Å². The highest BCUT2D eigenvalue weighted by molar-refractivity contribution is 5.14. The van der Waals surface area contributed by atoms with Gasteiger partial charge in [0.2, 0.25) is 0 Å². The largest absolute Gasteiger partial charge is 0.393 e. The molecule has 0 aromatic rings. The lowest BCUT2D eigenvalue weighted by Gasteiger charge is -2.62. The van der Waals surface area contributed by atoms with E-state index >= 15 is 0 Å². The van der Waals surface area contributed by atoms with Crippen LogP contribution >= 0.6 is 0 Å². The van der Waals surface area contributed by atoms with Gasteiger partial charge in [0.25, 0.3) is 0 Å². The first-order valence-corrected chi connectivity index (χ1v) is 7.72. The maximum absolute atomic E-state index is 10.7. The van der Waals surface area contributed by atoms with Crippen molar-refractivity contribution in [3.63, 3.8) is 0 Å². The number of aliphatic hydroxyl groups excluding tert-OH is 2. The van der Waals surface area contributed by atoms with Crippen LogP contribution < -0.4 is 0 Å². The second-order valence-electron chi connectivity index (χ2n) is 8.17. The van der Waals surface area contributed by atoms with Gasteiger partial charge in [-0.3, -0.25) is 0 Å². The predicted molar refractivity (Wildman–Crippen MR) is 73.7 cm³/mol. The van der Waals surface area contributed by atoms with Crippen molar-refractivity contribution in [1.82, 2.24) is 0 Å². The Morgan fingerprint density at radius 2 is 1.68 bits per heavy atom. The molecule has 0 amide bonds. The van der Waals surface area contributed by atoms with Crippen molar-refractivity contribution in [1.29, 1.82) is 0 Å². The predicted octanol–water partition coefficient (Wildman–Crippen LogP) is 2.35. The summed E-state index contributed by atoms with van der Waals surface area (Å²) in [4.78, 5) is 0. The van der Waals surface area contributed by atoms with Crippen molar-refractivity contribution in [2.24, 2.45) is 22.7 Å². The summed E-state index contributed by atoms with van der Waals surface area (Å²) in [7, 11) is 0. The lowest BCUT2D eigenvalue weighted by atomic mass is 9.44. The van der Waals surface area contributed by atoms with Crippen LogP contribution in [0.4, 0.5) is 0 Å². The summed E-state index contributed by atoms with van der Waals surface area (Å²) in [6.07, 6.45) is 3.28. The molecule has 2 N–H and O–H groups in total. The molecule has 3 aliphatic rings. The molecular formula is C16H28O3. The minimum atomic E-state index is -0.429. The molecule has 0 aromatic carbocycles. The first-order chi connectivity index (χ1) is 8.72. The van der Waals surface area contributed by atoms with Gasteiger partial charge in [-0.2, -0.15) is 0 Å². The van der Waals surface area contributed by atoms with Crippen LogP contribution in [0.15, 0.2) is 0 Å². The Labute approximate surface area is 116 Å². The second kappa shape index (κ2) is 3.96. The quantitative estimate of drug-likeness (QED) is 0.709. The van der Waals surface area contributed by atoms with E-state index in [2.05, 4.69) is 27.7 Å². The Balaban J connectivity index is 2.06. The summed E-state index contributed by atoms with van der Waals surface area (Å²) in [5, 5.41) is 21.2. The lowest BCUT2D eigenvalue weighted by molar-refractivity contribution is -0.205. The van der Waals surface area contributed by atoms with Gasteiger partial charge < -0.3 is 14.9 Å². The third kappa shape index (κ3) is 1.68. The summed E-state index contributed by atoms with van der Waals surface area (Å²) in [6.45, 7) is 9.41. The summed E-state index contributed by atoms with van der Waals surface area (Å²) in [6, 6.07) is 0. The fourth-order valence-electron chi connectivity index (χ4n) is 5.79. The normalized spacial score (nSPS) is 56.5. The molecule has 1 saturated heterocycles. The maximum atomic E-state index is 10.7. The van der Waals surface area contributed by atoms with E-state index < -0.39 is 6.10 Å². The van der Waals surface area contributed by atoms with E-state index in [-0.39, 0.29) is 28.5 Å². The van der Waals surface area contributed by atoms with Crippen LogP contribution in [-0.2, 0) is 4.74 Å². The van der Waals surface area contributed by atoms with Gasteiger partial charge in [-0.1, -0.05) is 20.8 Å². The van der Waals surface area contributed by atoms with Crippen LogP contribution in [-0.4, -0.2) is 34.6 Å². The zero-order chi connectivity index (χ0) is 14.1. The SMILES string of the molecule is CC1(C)CC[C@H](O)[C@]2(C)C3[C@H](O)CO[C@]3(C)CC[C@@H]12. The van der Waals surface area contributed by atoms with E-state index in [4.69, 9.17) is 4.74 Å². The van der Waals surface area contributed by atoms with Gasteiger partial charge in [0.1, 0.15) is 0 Å². The standard InChI is InChI=1S/C16H28O3/c1-14(2)7-6-12(18)16(4)11(14)5-8-15(3)13(16)10(17)9-19-15/h10-13,17-18H,5-9H2,1-4H3/t10-,11+,12+,13?,15-,16-/m1/s1. The maximum Gasteiger partial charge on any atom is 0.0835 e. The molecule has 0 radical (unpaired) electrons. The molecule has 19 heavy (non-hydrogen) atoms. The van der Waals surface area contributed by atoms with Crippen LogP contribution in [0.3, 0.4) is 0 Å². The first kappa shape index (κ1) is 13.8. The monoisotopic (exact) mass is 268 g/mol. The highest BCUT2D eigenvalue weighted by atomic mass is 16.5. The Morgan fingerprint density at radius 1 is 1.00 bits per heavy atom. The van der Waals surface area contributed by atoms with E-state index in [0.717, 1.165) is 25.7 Å². The molecule has 2 saturated carbocycles. The van der Waals surface area contributed by atoms with Crippen molar-refractivity contribution in [2.75, 3.05) is 6.61 Å². The summed E-state index contributed by atoms with van der Waals surface area (Å²) in [5.41, 5.74) is -0.221. The number of hydrogen-bond donors (Lipinski definition) is 2. The van der Waals surface area contributed by atoms with Gasteiger partial charge in [0.15, 0.2) is 0 Å². The van der Waals surface area contributed by atoms with E-state index in [1.54, 1.807) is 0 Å². The fraction of sp³-hybridized carbons (Fsp3) is 1.00. The average Bonchev–Trinajstić information content (AvgIpc) is 2.62. The Kier molecular flexibility index (Phi) is 2.88. The first-order valence-electron chi connectivity index (χ1n) is 7.72. The number of hydrogen-bond acceptors (Lipinski definition) is 3. The van der Waals surface area contributed by atoms with Gasteiger partial charge in [-0.05, 0) is 43.9 Å². The highest BCUT2D eigenvalue weighted by Gasteiger charge is 2.66. The van der Waals surface area contributed by atoms with Gasteiger partial charge in [-0.15, -0.1) is 0 Å². The Bertz CT molecular complexity index is 380. The molecule has 110 valence electrons.